The Hall–Kier alpha value is -2.96. The number of amides is 4. The number of hydrogen-bond acceptors (Lipinski definition) is 5. The van der Waals surface area contributed by atoms with E-state index in [4.69, 9.17) is 0 Å². The minimum atomic E-state index is -0.885. The third-order valence-electron chi connectivity index (χ3n) is 5.73. The molecule has 25 heavy (non-hydrogen) atoms. The number of carbonyl (C=O) groups is 4. The molecule has 5 rings (SSSR count). The number of imide groups is 2. The first-order valence-corrected chi connectivity index (χ1v) is 8.35. The summed E-state index contributed by atoms with van der Waals surface area (Å²) in [6, 6.07) is 7.00. The molecule has 0 aromatic heterocycles. The Bertz CT molecular complexity index is 919. The van der Waals surface area contributed by atoms with Crippen molar-refractivity contribution >= 4 is 34.9 Å². The molecule has 4 aliphatic rings. The number of carbonyl (C=O) groups excluding carboxylic acids is 4. The normalized spacial score (nSPS) is 32.3. The summed E-state index contributed by atoms with van der Waals surface area (Å²) in [6.45, 7) is 2.00. The zero-order chi connectivity index (χ0) is 17.5. The summed E-state index contributed by atoms with van der Waals surface area (Å²) in [6.07, 6.45) is 0. The molecule has 0 spiro atoms. The maximum Gasteiger partial charge on any atom is 0.254 e. The Morgan fingerprint density at radius 3 is 2.48 bits per heavy atom. The molecule has 4 amide bonds. The van der Waals surface area contributed by atoms with Crippen LogP contribution >= 0.6 is 0 Å². The number of nitrogens with zero attached hydrogens (tertiary/aromatic N) is 1. The molecule has 1 aromatic rings. The lowest BCUT2D eigenvalue weighted by molar-refractivity contribution is -0.141. The van der Waals surface area contributed by atoms with Gasteiger partial charge in [0.1, 0.15) is 0 Å². The first-order chi connectivity index (χ1) is 12.0. The van der Waals surface area contributed by atoms with Gasteiger partial charge in [-0.05, 0) is 18.6 Å². The number of fused-ring (bicyclic) bond motifs is 7. The molecule has 2 fully saturated rings. The molecule has 4 atom stereocenters. The molecular formula is C18H15N3O4. The lowest BCUT2D eigenvalue weighted by Gasteiger charge is -2.32. The number of para-hydroxylation sites is 1. The predicted octanol–water partition coefficient (Wildman–Crippen LogP) is 0.142. The second-order valence-electron chi connectivity index (χ2n) is 6.76. The van der Waals surface area contributed by atoms with E-state index in [0.717, 1.165) is 11.3 Å². The highest BCUT2D eigenvalue weighted by atomic mass is 16.2. The molecule has 0 radical (unpaired) electrons. The van der Waals surface area contributed by atoms with E-state index < -0.39 is 35.6 Å². The predicted molar refractivity (Wildman–Crippen MR) is 86.8 cm³/mol. The van der Waals surface area contributed by atoms with Crippen LogP contribution in [0.15, 0.2) is 29.8 Å². The first-order valence-electron chi connectivity index (χ1n) is 8.35. The van der Waals surface area contributed by atoms with Gasteiger partial charge in [-0.25, -0.2) is 0 Å². The molecular weight excluding hydrogens is 322 g/mol. The molecule has 1 aliphatic carbocycles. The summed E-state index contributed by atoms with van der Waals surface area (Å²) >= 11 is 0. The molecule has 2 N–H and O–H groups in total. The van der Waals surface area contributed by atoms with Crippen LogP contribution in [0.25, 0.3) is 5.57 Å². The van der Waals surface area contributed by atoms with Gasteiger partial charge in [0.05, 0.1) is 23.8 Å². The van der Waals surface area contributed by atoms with Crippen LogP contribution in [0.3, 0.4) is 0 Å². The highest BCUT2D eigenvalue weighted by molar-refractivity contribution is 6.24. The van der Waals surface area contributed by atoms with E-state index in [0.29, 0.717) is 11.1 Å². The van der Waals surface area contributed by atoms with Gasteiger partial charge in [0, 0.05) is 23.4 Å². The van der Waals surface area contributed by atoms with E-state index in [1.54, 1.807) is 6.92 Å². The maximum absolute atomic E-state index is 12.9. The van der Waals surface area contributed by atoms with Gasteiger partial charge in [-0.1, -0.05) is 18.2 Å². The van der Waals surface area contributed by atoms with Gasteiger partial charge in [0.25, 0.3) is 5.91 Å². The monoisotopic (exact) mass is 337 g/mol. The Kier molecular flexibility index (Phi) is 2.63. The van der Waals surface area contributed by atoms with Crippen molar-refractivity contribution < 1.29 is 19.2 Å². The van der Waals surface area contributed by atoms with E-state index in [1.165, 1.54) is 4.90 Å². The Balaban J connectivity index is 1.79. The molecule has 0 unspecified atom stereocenters. The third kappa shape index (κ3) is 1.55. The standard InChI is InChI=1S/C18H15N3O4/c1-2-21-17(24)12-11-10(15(22)20-16(11)23)9-7-5-3-4-6-8(7)19-14(9)13(12)18(21)25/h3-6,11-14,19H,2H2,1H3,(H,20,22,23)/t11-,12-,13-,14+/m0/s1. The molecule has 126 valence electrons. The number of nitrogens with one attached hydrogen (secondary N) is 2. The average molecular weight is 337 g/mol. The van der Waals surface area contributed by atoms with Crippen molar-refractivity contribution in [2.75, 3.05) is 11.9 Å². The second-order valence-corrected chi connectivity index (χ2v) is 6.76. The number of anilines is 1. The summed E-state index contributed by atoms with van der Waals surface area (Å²) in [5.74, 6) is -3.94. The Morgan fingerprint density at radius 2 is 1.72 bits per heavy atom. The zero-order valence-corrected chi connectivity index (χ0v) is 13.4. The van der Waals surface area contributed by atoms with Crippen LogP contribution in [0.2, 0.25) is 0 Å². The summed E-state index contributed by atoms with van der Waals surface area (Å²) in [4.78, 5) is 51.8. The molecule has 7 heteroatoms. The Morgan fingerprint density at radius 1 is 1.00 bits per heavy atom. The largest absolute Gasteiger partial charge is 0.377 e. The molecule has 2 saturated heterocycles. The van der Waals surface area contributed by atoms with Crippen LogP contribution in [0.1, 0.15) is 12.5 Å². The number of rotatable bonds is 1. The summed E-state index contributed by atoms with van der Waals surface area (Å²) in [7, 11) is 0. The summed E-state index contributed by atoms with van der Waals surface area (Å²) in [5.41, 5.74) is 2.67. The summed E-state index contributed by atoms with van der Waals surface area (Å²) in [5, 5.41) is 5.64. The van der Waals surface area contributed by atoms with E-state index in [2.05, 4.69) is 10.6 Å². The van der Waals surface area contributed by atoms with Crippen molar-refractivity contribution in [3.05, 3.63) is 35.4 Å². The molecule has 3 heterocycles. The fourth-order valence-corrected chi connectivity index (χ4v) is 4.78. The fraction of sp³-hybridized carbons (Fsp3) is 0.333. The first kappa shape index (κ1) is 14.4. The Labute approximate surface area is 143 Å². The van der Waals surface area contributed by atoms with Crippen molar-refractivity contribution in [2.45, 2.75) is 13.0 Å². The molecule has 0 saturated carbocycles. The number of benzene rings is 1. The maximum atomic E-state index is 12.9. The number of likely N-dealkylation sites (tertiary alicyclic amines) is 1. The van der Waals surface area contributed by atoms with Crippen LogP contribution in [-0.2, 0) is 19.2 Å². The van der Waals surface area contributed by atoms with Gasteiger partial charge in [0.15, 0.2) is 0 Å². The zero-order valence-electron chi connectivity index (χ0n) is 13.4. The summed E-state index contributed by atoms with van der Waals surface area (Å²) < 4.78 is 0. The van der Waals surface area contributed by atoms with Crippen molar-refractivity contribution in [3.63, 3.8) is 0 Å². The van der Waals surface area contributed by atoms with E-state index in [1.807, 2.05) is 24.3 Å². The van der Waals surface area contributed by atoms with Gasteiger partial charge in [-0.3, -0.25) is 29.4 Å². The van der Waals surface area contributed by atoms with Crippen molar-refractivity contribution in [1.82, 2.24) is 10.2 Å². The van der Waals surface area contributed by atoms with Crippen LogP contribution in [0.5, 0.6) is 0 Å². The van der Waals surface area contributed by atoms with E-state index in [9.17, 15) is 19.2 Å². The minimum Gasteiger partial charge on any atom is -0.377 e. The quantitative estimate of drug-likeness (QED) is 0.711. The van der Waals surface area contributed by atoms with Crippen molar-refractivity contribution in [2.24, 2.45) is 17.8 Å². The average Bonchev–Trinajstić information content (AvgIpc) is 3.18. The third-order valence-corrected chi connectivity index (χ3v) is 5.73. The highest BCUT2D eigenvalue weighted by Gasteiger charge is 2.63. The van der Waals surface area contributed by atoms with E-state index >= 15 is 0 Å². The lowest BCUT2D eigenvalue weighted by atomic mass is 9.68. The number of hydrogen-bond donors (Lipinski definition) is 2. The van der Waals surface area contributed by atoms with Gasteiger partial charge < -0.3 is 5.32 Å². The van der Waals surface area contributed by atoms with Crippen LogP contribution < -0.4 is 10.6 Å². The molecule has 0 bridgehead atoms. The second kappa shape index (κ2) is 4.56. The van der Waals surface area contributed by atoms with Crippen LogP contribution in [0, 0.1) is 17.8 Å². The van der Waals surface area contributed by atoms with Crippen LogP contribution in [-0.4, -0.2) is 41.1 Å². The van der Waals surface area contributed by atoms with Crippen molar-refractivity contribution in [1.29, 1.82) is 0 Å². The van der Waals surface area contributed by atoms with Crippen molar-refractivity contribution in [3.8, 4) is 0 Å². The van der Waals surface area contributed by atoms with Gasteiger partial charge in [-0.15, -0.1) is 0 Å². The smallest absolute Gasteiger partial charge is 0.254 e. The molecule has 7 nitrogen and oxygen atoms in total. The molecule has 1 aromatic carbocycles. The SMILES string of the molecule is CCN1C(=O)[C@H]2[C@H]3C(=O)NC(=O)C3=C3c4ccccc4N[C@H]3[C@H]2C1=O. The van der Waals surface area contributed by atoms with Gasteiger partial charge >= 0.3 is 0 Å². The fourth-order valence-electron chi connectivity index (χ4n) is 4.78. The van der Waals surface area contributed by atoms with Gasteiger partial charge in [0.2, 0.25) is 17.7 Å². The minimum absolute atomic E-state index is 0.261. The van der Waals surface area contributed by atoms with Crippen LogP contribution in [0.4, 0.5) is 5.69 Å². The lowest BCUT2D eigenvalue weighted by Crippen LogP contribution is -2.44. The topological polar surface area (TPSA) is 95.6 Å². The molecule has 3 aliphatic heterocycles. The van der Waals surface area contributed by atoms with E-state index in [-0.39, 0.29) is 18.4 Å². The van der Waals surface area contributed by atoms with Gasteiger partial charge in [-0.2, -0.15) is 0 Å². The highest BCUT2D eigenvalue weighted by Crippen LogP contribution is 2.53.